The summed E-state index contributed by atoms with van der Waals surface area (Å²) in [4.78, 5) is 15.2. The van der Waals surface area contributed by atoms with Crippen LogP contribution in [0.1, 0.15) is 27.2 Å². The third kappa shape index (κ3) is 5.51. The summed E-state index contributed by atoms with van der Waals surface area (Å²) in [5, 5.41) is 36.3. The highest BCUT2D eigenvalue weighted by Gasteiger charge is 2.12. The quantitative estimate of drug-likeness (QED) is 0.443. The van der Waals surface area contributed by atoms with Crippen molar-refractivity contribution in [2.45, 2.75) is 6.92 Å². The number of aromatic nitrogens is 1. The third-order valence-corrected chi connectivity index (χ3v) is 4.56. The van der Waals surface area contributed by atoms with Crippen LogP contribution >= 0.6 is 0 Å². The zero-order valence-corrected chi connectivity index (χ0v) is 18.3. The van der Waals surface area contributed by atoms with Crippen molar-refractivity contribution in [2.75, 3.05) is 0 Å². The smallest absolute Gasteiger partial charge is 0.337 e. The van der Waals surface area contributed by atoms with Crippen molar-refractivity contribution in [3.8, 4) is 29.0 Å². The van der Waals surface area contributed by atoms with E-state index in [4.69, 9.17) is 20.7 Å². The standard InChI is InChI=1S/C13H9NO.C12H8N2O2.Al/c14-9-10-1-3-11(4-2-10)12-5-7-13(15)8-6-12;1-7-2-4-9-8(6-13)3-5-10(12(15)16)11(9)14-7;/h1-8,15H;2-5H,1H3,(H,15,16);. The van der Waals surface area contributed by atoms with Crippen LogP contribution in [-0.4, -0.2) is 38.5 Å². The van der Waals surface area contributed by atoms with Gasteiger partial charge in [-0.15, -0.1) is 0 Å². The van der Waals surface area contributed by atoms with Gasteiger partial charge < -0.3 is 10.2 Å². The van der Waals surface area contributed by atoms with Crippen molar-refractivity contribution in [1.82, 2.24) is 4.98 Å². The lowest BCUT2D eigenvalue weighted by atomic mass is 10.0. The number of benzene rings is 3. The van der Waals surface area contributed by atoms with Crippen molar-refractivity contribution in [2.24, 2.45) is 0 Å². The number of carboxylic acids is 1. The predicted octanol–water partition coefficient (Wildman–Crippen LogP) is 4.66. The molecule has 153 valence electrons. The molecule has 4 aromatic rings. The monoisotopic (exact) mass is 434 g/mol. The molecule has 0 spiro atoms. The predicted molar refractivity (Wildman–Crippen MR) is 122 cm³/mol. The molecule has 0 aliphatic heterocycles. The first-order valence-corrected chi connectivity index (χ1v) is 9.26. The second-order valence-corrected chi connectivity index (χ2v) is 6.66. The number of carbonyl (C=O) groups is 1. The lowest BCUT2D eigenvalue weighted by molar-refractivity contribution is 0.0699. The highest BCUT2D eigenvalue weighted by Crippen LogP contribution is 2.22. The molecule has 0 amide bonds. The van der Waals surface area contributed by atoms with Gasteiger partial charge in [0.1, 0.15) is 5.75 Å². The zero-order valence-electron chi connectivity index (χ0n) is 17.1. The van der Waals surface area contributed by atoms with Gasteiger partial charge in [-0.3, -0.25) is 4.98 Å². The van der Waals surface area contributed by atoms with Crippen molar-refractivity contribution in [3.05, 3.63) is 95.2 Å². The Bertz CT molecular complexity index is 1340. The molecule has 4 rings (SSSR count). The van der Waals surface area contributed by atoms with Gasteiger partial charge in [-0.2, -0.15) is 10.5 Å². The number of nitriles is 2. The van der Waals surface area contributed by atoms with E-state index < -0.39 is 5.97 Å². The molecule has 0 fully saturated rings. The summed E-state index contributed by atoms with van der Waals surface area (Å²) in [5.74, 6) is -0.778. The van der Waals surface area contributed by atoms with Gasteiger partial charge in [-0.25, -0.2) is 4.79 Å². The Morgan fingerprint density at radius 3 is 1.97 bits per heavy atom. The molecule has 0 atom stereocenters. The SMILES string of the molecule is Cc1ccc2c(C#N)ccc(C(=O)O)c2n1.N#Cc1ccc(-c2ccc(O)cc2)cc1.[Al]. The summed E-state index contributed by atoms with van der Waals surface area (Å²) in [6.45, 7) is 1.78. The molecule has 1 aromatic heterocycles. The zero-order chi connectivity index (χ0) is 22.4. The Morgan fingerprint density at radius 1 is 0.844 bits per heavy atom. The first-order valence-electron chi connectivity index (χ1n) is 9.26. The highest BCUT2D eigenvalue weighted by atomic mass is 27.0. The summed E-state index contributed by atoms with van der Waals surface area (Å²) in [5.41, 5.74) is 4.37. The number of hydrogen-bond donors (Lipinski definition) is 2. The van der Waals surface area contributed by atoms with Crippen molar-refractivity contribution < 1.29 is 15.0 Å². The first-order chi connectivity index (χ1) is 14.9. The molecular weight excluding hydrogens is 417 g/mol. The van der Waals surface area contributed by atoms with Crippen LogP contribution in [0.4, 0.5) is 0 Å². The van der Waals surface area contributed by atoms with Crippen molar-refractivity contribution >= 4 is 34.2 Å². The minimum atomic E-state index is -1.03. The van der Waals surface area contributed by atoms with Crippen LogP contribution in [0.2, 0.25) is 0 Å². The van der Waals surface area contributed by atoms with Gasteiger partial charge in [0.15, 0.2) is 0 Å². The fourth-order valence-electron chi connectivity index (χ4n) is 2.98. The van der Waals surface area contributed by atoms with Crippen molar-refractivity contribution in [1.29, 1.82) is 10.5 Å². The van der Waals surface area contributed by atoms with Crippen LogP contribution in [0.5, 0.6) is 5.75 Å². The Morgan fingerprint density at radius 2 is 1.44 bits per heavy atom. The minimum absolute atomic E-state index is 0. The number of phenols is 1. The molecular formula is C25H17AlN3O3. The molecule has 32 heavy (non-hydrogen) atoms. The fraction of sp³-hybridized carbons (Fsp3) is 0.0400. The molecule has 0 aliphatic rings. The number of pyridine rings is 1. The summed E-state index contributed by atoms with van der Waals surface area (Å²) in [6, 6.07) is 24.8. The second-order valence-electron chi connectivity index (χ2n) is 6.66. The van der Waals surface area contributed by atoms with Gasteiger partial charge in [-0.05, 0) is 66.6 Å². The number of aryl methyl sites for hydroxylation is 1. The molecule has 7 heteroatoms. The van der Waals surface area contributed by atoms with E-state index in [1.54, 1.807) is 43.3 Å². The minimum Gasteiger partial charge on any atom is -0.508 e. The number of fused-ring (bicyclic) bond motifs is 1. The summed E-state index contributed by atoms with van der Waals surface area (Å²) in [6.07, 6.45) is 0. The van der Waals surface area contributed by atoms with E-state index in [1.165, 1.54) is 12.1 Å². The van der Waals surface area contributed by atoms with Gasteiger partial charge in [0.05, 0.1) is 34.3 Å². The van der Waals surface area contributed by atoms with Gasteiger partial charge in [0, 0.05) is 28.4 Å². The van der Waals surface area contributed by atoms with Crippen LogP contribution in [-0.2, 0) is 0 Å². The average Bonchev–Trinajstić information content (AvgIpc) is 2.79. The van der Waals surface area contributed by atoms with E-state index in [0.29, 0.717) is 22.0 Å². The summed E-state index contributed by atoms with van der Waals surface area (Å²) < 4.78 is 0. The Hall–Kier alpha value is -4.15. The number of rotatable bonds is 2. The highest BCUT2D eigenvalue weighted by molar-refractivity contribution is 6.03. The maximum atomic E-state index is 11.0. The van der Waals surface area contributed by atoms with Crippen LogP contribution in [0, 0.1) is 29.6 Å². The Labute approximate surface area is 195 Å². The number of hydrogen-bond acceptors (Lipinski definition) is 5. The molecule has 0 saturated heterocycles. The first kappa shape index (κ1) is 24.1. The molecule has 1 heterocycles. The van der Waals surface area contributed by atoms with E-state index in [2.05, 4.69) is 11.1 Å². The molecule has 0 bridgehead atoms. The average molecular weight is 434 g/mol. The Kier molecular flexibility index (Phi) is 8.11. The molecule has 0 saturated carbocycles. The number of aromatic hydroxyl groups is 1. The topological polar surface area (TPSA) is 118 Å². The van der Waals surface area contributed by atoms with Gasteiger partial charge in [-0.1, -0.05) is 24.3 Å². The van der Waals surface area contributed by atoms with Crippen LogP contribution < -0.4 is 0 Å². The maximum absolute atomic E-state index is 11.0. The maximum Gasteiger partial charge on any atom is 0.337 e. The van der Waals surface area contributed by atoms with Gasteiger partial charge in [0.2, 0.25) is 0 Å². The van der Waals surface area contributed by atoms with E-state index in [9.17, 15) is 4.79 Å². The summed E-state index contributed by atoms with van der Waals surface area (Å²) in [7, 11) is 0. The lowest BCUT2D eigenvalue weighted by Gasteiger charge is -2.04. The molecule has 0 aliphatic carbocycles. The molecule has 3 radical (unpaired) electrons. The molecule has 2 N–H and O–H groups in total. The number of carboxylic acid groups (broad SMARTS) is 1. The van der Waals surface area contributed by atoms with Crippen LogP contribution in [0.15, 0.2) is 72.8 Å². The molecule has 0 unspecified atom stereocenters. The van der Waals surface area contributed by atoms with E-state index >= 15 is 0 Å². The van der Waals surface area contributed by atoms with Crippen LogP contribution in [0.3, 0.4) is 0 Å². The number of phenolic OH excluding ortho intramolecular Hbond substituents is 1. The van der Waals surface area contributed by atoms with E-state index in [0.717, 1.165) is 16.8 Å². The summed E-state index contributed by atoms with van der Waals surface area (Å²) >= 11 is 0. The van der Waals surface area contributed by atoms with Gasteiger partial charge in [0.25, 0.3) is 0 Å². The largest absolute Gasteiger partial charge is 0.508 e. The molecule has 6 nitrogen and oxygen atoms in total. The van der Waals surface area contributed by atoms with E-state index in [1.807, 2.05) is 30.3 Å². The lowest BCUT2D eigenvalue weighted by Crippen LogP contribution is -2.00. The normalized spacial score (nSPS) is 9.47. The van der Waals surface area contributed by atoms with Crippen molar-refractivity contribution in [3.63, 3.8) is 0 Å². The molecule has 3 aromatic carbocycles. The van der Waals surface area contributed by atoms with Crippen LogP contribution in [0.25, 0.3) is 22.0 Å². The number of nitrogens with zero attached hydrogens (tertiary/aromatic N) is 3. The third-order valence-electron chi connectivity index (χ3n) is 4.56. The van der Waals surface area contributed by atoms with Gasteiger partial charge >= 0.3 is 5.97 Å². The second kappa shape index (κ2) is 10.8. The fourth-order valence-corrected chi connectivity index (χ4v) is 2.98. The number of aromatic carboxylic acids is 1. The Balaban J connectivity index is 0.000000220. The van der Waals surface area contributed by atoms with E-state index in [-0.39, 0.29) is 28.7 Å².